The van der Waals surface area contributed by atoms with Gasteiger partial charge in [0.05, 0.1) is 37.7 Å². The summed E-state index contributed by atoms with van der Waals surface area (Å²) in [5.74, 6) is -10.8. The van der Waals surface area contributed by atoms with Crippen molar-refractivity contribution >= 4 is 84.4 Å². The number of carbonyl (C=O) groups is 10. The van der Waals surface area contributed by atoms with Crippen LogP contribution in [0.5, 0.6) is 0 Å². The van der Waals surface area contributed by atoms with Gasteiger partial charge in [-0.15, -0.1) is 0 Å². The van der Waals surface area contributed by atoms with E-state index in [9.17, 15) is 68.4 Å². The Morgan fingerprint density at radius 1 is 0.705 bits per heavy atom. The SMILES string of the molecule is C[C@H](NC(=O)CNC(=O)[C@@H](NC(=O)[C@H](CO)NC(=O)[C@@H](N)CS)[C@@H](C)O)C(=O)N[C@@H](Cc1cnc[nH]1)C(=O)N[C@H](C(=O)N[C@@H](CCC(N)=O)C(=O)N[C@@H](CS)C(=O)O)[C@@H](C)O. The number of nitrogens with two attached hydrogens (primary N) is 2. The summed E-state index contributed by atoms with van der Waals surface area (Å²) < 4.78 is 0. The minimum absolute atomic E-state index is 0.0800. The Bertz CT molecular complexity index is 1700. The van der Waals surface area contributed by atoms with Gasteiger partial charge in [-0.2, -0.15) is 25.3 Å². The van der Waals surface area contributed by atoms with Crippen LogP contribution in [0.3, 0.4) is 0 Å². The second-order valence-electron chi connectivity index (χ2n) is 13.5. The monoisotopic (exact) mass is 906 g/mol. The molecule has 0 aliphatic carbocycles. The summed E-state index contributed by atoms with van der Waals surface area (Å²) in [5.41, 5.74) is 11.0. The Balaban J connectivity index is 3.06. The Morgan fingerprint density at radius 3 is 1.72 bits per heavy atom. The first-order valence-electron chi connectivity index (χ1n) is 18.4. The van der Waals surface area contributed by atoms with Crippen LogP contribution in [0.15, 0.2) is 12.5 Å². The lowest BCUT2D eigenvalue weighted by Gasteiger charge is -2.27. The molecule has 0 fully saturated rings. The van der Waals surface area contributed by atoms with Gasteiger partial charge in [0.15, 0.2) is 0 Å². The first-order chi connectivity index (χ1) is 28.6. The van der Waals surface area contributed by atoms with Crippen LogP contribution < -0.4 is 54.0 Å². The summed E-state index contributed by atoms with van der Waals surface area (Å²) in [5, 5.41) is 57.3. The number of aliphatic carboxylic acids is 1. The summed E-state index contributed by atoms with van der Waals surface area (Å²) in [6, 6.07) is -12.1. The lowest BCUT2D eigenvalue weighted by atomic mass is 10.1. The highest BCUT2D eigenvalue weighted by Gasteiger charge is 2.35. The topological polar surface area (TPSA) is 429 Å². The van der Waals surface area contributed by atoms with Crippen molar-refractivity contribution in [3.63, 3.8) is 0 Å². The predicted molar refractivity (Wildman–Crippen MR) is 217 cm³/mol. The van der Waals surface area contributed by atoms with Gasteiger partial charge < -0.3 is 79.4 Å². The molecule has 28 heteroatoms. The lowest BCUT2D eigenvalue weighted by Crippen LogP contribution is -2.61. The number of hydrogen-bond acceptors (Lipinski definition) is 17. The number of primary amides is 1. The number of aliphatic hydroxyl groups excluding tert-OH is 3. The van der Waals surface area contributed by atoms with Crippen LogP contribution in [0, 0.1) is 0 Å². The molecule has 0 aliphatic heterocycles. The van der Waals surface area contributed by atoms with Crippen molar-refractivity contribution < 1.29 is 68.4 Å². The van der Waals surface area contributed by atoms with E-state index in [0.717, 1.165) is 13.8 Å². The third-order valence-electron chi connectivity index (χ3n) is 8.39. The average Bonchev–Trinajstić information content (AvgIpc) is 3.72. The van der Waals surface area contributed by atoms with Crippen molar-refractivity contribution in [3.8, 4) is 0 Å². The molecule has 0 unspecified atom stereocenters. The highest BCUT2D eigenvalue weighted by Crippen LogP contribution is 2.06. The number of rotatable bonds is 27. The Kier molecular flexibility index (Phi) is 23.3. The van der Waals surface area contributed by atoms with Crippen LogP contribution in [-0.2, 0) is 54.4 Å². The van der Waals surface area contributed by atoms with E-state index in [1.54, 1.807) is 0 Å². The van der Waals surface area contributed by atoms with E-state index < -0.39 is 146 Å². The molecule has 0 aliphatic rings. The minimum Gasteiger partial charge on any atom is -0.480 e. The average molecular weight is 907 g/mol. The number of carboxylic acid groups (broad SMARTS) is 1. The summed E-state index contributed by atoms with van der Waals surface area (Å²) in [7, 11) is 0. The molecular weight excluding hydrogens is 853 g/mol. The van der Waals surface area contributed by atoms with Crippen molar-refractivity contribution in [3.05, 3.63) is 18.2 Å². The quantitative estimate of drug-likeness (QED) is 0.0365. The summed E-state index contributed by atoms with van der Waals surface area (Å²) in [4.78, 5) is 133. The van der Waals surface area contributed by atoms with Crippen molar-refractivity contribution in [2.24, 2.45) is 11.5 Å². The van der Waals surface area contributed by atoms with Gasteiger partial charge in [-0.05, 0) is 27.2 Å². The van der Waals surface area contributed by atoms with E-state index in [1.165, 1.54) is 19.4 Å². The molecule has 0 saturated heterocycles. The first kappa shape index (κ1) is 53.5. The number of aromatic nitrogens is 2. The molecule has 10 atom stereocenters. The highest BCUT2D eigenvalue weighted by molar-refractivity contribution is 7.80. The van der Waals surface area contributed by atoms with Crippen LogP contribution in [0.1, 0.15) is 39.3 Å². The van der Waals surface area contributed by atoms with E-state index in [4.69, 9.17) is 11.5 Å². The zero-order valence-electron chi connectivity index (χ0n) is 33.2. The number of nitrogens with zero attached hydrogens (tertiary/aromatic N) is 1. The number of aliphatic hydroxyl groups is 3. The number of amides is 9. The number of thiol groups is 2. The number of aromatic amines is 1. The zero-order chi connectivity index (χ0) is 46.6. The largest absolute Gasteiger partial charge is 0.480 e. The van der Waals surface area contributed by atoms with Gasteiger partial charge in [0.25, 0.3) is 0 Å². The lowest BCUT2D eigenvalue weighted by molar-refractivity contribution is -0.142. The Labute approximate surface area is 359 Å². The smallest absolute Gasteiger partial charge is 0.327 e. The molecule has 1 rings (SSSR count). The second kappa shape index (κ2) is 26.6. The zero-order valence-corrected chi connectivity index (χ0v) is 35.0. The molecule has 1 aromatic heterocycles. The second-order valence-corrected chi connectivity index (χ2v) is 14.2. The van der Waals surface area contributed by atoms with Crippen molar-refractivity contribution in [1.29, 1.82) is 0 Å². The number of imidazole rings is 1. The van der Waals surface area contributed by atoms with Crippen molar-refractivity contribution in [1.82, 2.24) is 52.5 Å². The van der Waals surface area contributed by atoms with Gasteiger partial charge in [0.1, 0.15) is 42.3 Å². The van der Waals surface area contributed by atoms with E-state index in [1.807, 2.05) is 0 Å². The van der Waals surface area contributed by atoms with Gasteiger partial charge in [0, 0.05) is 36.2 Å². The number of nitrogens with one attached hydrogen (secondary N) is 9. The fourth-order valence-electron chi connectivity index (χ4n) is 4.91. The molecule has 1 heterocycles. The minimum atomic E-state index is -1.79. The van der Waals surface area contributed by atoms with Gasteiger partial charge in [-0.25, -0.2) is 9.78 Å². The third-order valence-corrected chi connectivity index (χ3v) is 9.15. The molecule has 342 valence electrons. The number of carboxylic acids is 1. The van der Waals surface area contributed by atoms with Crippen LogP contribution >= 0.6 is 25.3 Å². The van der Waals surface area contributed by atoms with Gasteiger partial charge >= 0.3 is 5.97 Å². The van der Waals surface area contributed by atoms with E-state index >= 15 is 0 Å². The van der Waals surface area contributed by atoms with Gasteiger partial charge in [0.2, 0.25) is 53.2 Å². The molecular formula is C33H54N12O14S2. The van der Waals surface area contributed by atoms with Crippen LogP contribution in [0.2, 0.25) is 0 Å². The highest BCUT2D eigenvalue weighted by atomic mass is 32.1. The first-order valence-corrected chi connectivity index (χ1v) is 19.6. The van der Waals surface area contributed by atoms with E-state index in [0.29, 0.717) is 5.69 Å². The Morgan fingerprint density at radius 2 is 1.23 bits per heavy atom. The van der Waals surface area contributed by atoms with E-state index in [-0.39, 0.29) is 17.9 Å². The number of H-pyrrole nitrogens is 1. The van der Waals surface area contributed by atoms with Gasteiger partial charge in [-0.1, -0.05) is 0 Å². The number of carbonyl (C=O) groups excluding carboxylic acids is 9. The normalized spacial score (nSPS) is 15.9. The molecule has 0 aromatic carbocycles. The molecule has 26 nitrogen and oxygen atoms in total. The molecule has 0 spiro atoms. The van der Waals surface area contributed by atoms with Crippen molar-refractivity contribution in [2.75, 3.05) is 24.7 Å². The van der Waals surface area contributed by atoms with Crippen LogP contribution in [0.4, 0.5) is 0 Å². The molecule has 0 saturated carbocycles. The van der Waals surface area contributed by atoms with Crippen LogP contribution in [-0.4, -0.2) is 175 Å². The Hall–Kier alpha value is -5.55. The van der Waals surface area contributed by atoms with Gasteiger partial charge in [-0.3, -0.25) is 43.2 Å². The molecule has 0 radical (unpaired) electrons. The molecule has 17 N–H and O–H groups in total. The van der Waals surface area contributed by atoms with Crippen LogP contribution in [0.25, 0.3) is 0 Å². The fourth-order valence-corrected chi connectivity index (χ4v) is 5.32. The summed E-state index contributed by atoms with van der Waals surface area (Å²) >= 11 is 7.74. The molecule has 61 heavy (non-hydrogen) atoms. The van der Waals surface area contributed by atoms with E-state index in [2.05, 4.69) is 77.8 Å². The maximum absolute atomic E-state index is 13.6. The van der Waals surface area contributed by atoms with Crippen molar-refractivity contribution in [2.45, 2.75) is 101 Å². The molecule has 0 bridgehead atoms. The number of hydrogen-bond donors (Lipinski definition) is 17. The maximum atomic E-state index is 13.6. The third kappa shape index (κ3) is 18.7. The molecule has 1 aromatic rings. The summed E-state index contributed by atoms with van der Waals surface area (Å²) in [6.45, 7) is 1.78. The fraction of sp³-hybridized carbons (Fsp3) is 0.606. The standard InChI is InChI=1S/C33H54N12O14S2/c1-13(39-23(50)8-37-31(56)24(14(2)47)44-30(55)20(9-46)42-27(52)17(34)10-60)26(51)41-19(6-16-7-36-12-38-16)29(54)45-25(15(3)48)32(57)40-18(4-5-22(35)49)28(53)43-21(11-61)33(58)59/h7,12-15,17-21,24-25,46-48,60-61H,4-6,8-11,34H2,1-3H3,(H2,35,49)(H,36,38)(H,37,56)(H,39,50)(H,40,57)(H,41,51)(H,42,52)(H,43,53)(H,44,55)(H,45,54)(H,58,59)/t13-,14+,15+,17-,18-,19-,20-,21-,24-,25-/m0/s1. The summed E-state index contributed by atoms with van der Waals surface area (Å²) in [6.07, 6.45) is -1.68. The maximum Gasteiger partial charge on any atom is 0.327 e. The molecule has 9 amide bonds. The predicted octanol–water partition coefficient (Wildman–Crippen LogP) is -8.23.